The molecule has 0 aromatic heterocycles. The fraction of sp³-hybridized carbons (Fsp3) is 0.350. The van der Waals surface area contributed by atoms with Crippen LogP contribution in [0, 0.1) is 5.82 Å². The van der Waals surface area contributed by atoms with Crippen LogP contribution in [0.4, 0.5) is 4.39 Å². The molecule has 0 saturated carbocycles. The molecule has 2 aromatic carbocycles. The van der Waals surface area contributed by atoms with E-state index in [2.05, 4.69) is 17.0 Å². The summed E-state index contributed by atoms with van der Waals surface area (Å²) in [5.74, 6) is -0.203. The van der Waals surface area contributed by atoms with Gasteiger partial charge >= 0.3 is 0 Å². The number of carbonyl (C=O) groups excluding carboxylic acids is 1. The van der Waals surface area contributed by atoms with Crippen LogP contribution in [0.3, 0.4) is 0 Å². The van der Waals surface area contributed by atoms with Crippen LogP contribution >= 0.6 is 0 Å². The molecule has 0 spiro atoms. The van der Waals surface area contributed by atoms with Gasteiger partial charge in [0, 0.05) is 33.3 Å². The molecule has 3 rings (SSSR count). The average Bonchev–Trinajstić information content (AvgIpc) is 2.65. The summed E-state index contributed by atoms with van der Waals surface area (Å²) >= 11 is 0. The highest BCUT2D eigenvalue weighted by Gasteiger charge is 2.28. The number of carbonyl (C=O) groups is 1. The summed E-state index contributed by atoms with van der Waals surface area (Å²) in [6.07, 6.45) is 0. The molecular formula is C20H23FN2O2. The fourth-order valence-corrected chi connectivity index (χ4v) is 3.34. The van der Waals surface area contributed by atoms with Gasteiger partial charge in [0.2, 0.25) is 5.91 Å². The van der Waals surface area contributed by atoms with Crippen LogP contribution in [0.1, 0.15) is 17.2 Å². The van der Waals surface area contributed by atoms with E-state index >= 15 is 0 Å². The van der Waals surface area contributed by atoms with E-state index in [1.54, 1.807) is 0 Å². The molecule has 1 aliphatic rings. The Labute approximate surface area is 147 Å². The van der Waals surface area contributed by atoms with Gasteiger partial charge in [0.15, 0.2) is 0 Å². The lowest BCUT2D eigenvalue weighted by Gasteiger charge is -2.39. The molecule has 2 aromatic rings. The molecule has 1 aliphatic heterocycles. The minimum absolute atomic E-state index is 0.0280. The number of nitrogens with zero attached hydrogens (tertiary/aromatic N) is 2. The number of hydrogen-bond acceptors (Lipinski definition) is 3. The zero-order valence-electron chi connectivity index (χ0n) is 14.4. The second kappa shape index (κ2) is 8.23. The smallest absolute Gasteiger partial charge is 0.248 e. The van der Waals surface area contributed by atoms with Gasteiger partial charge in [-0.3, -0.25) is 9.69 Å². The van der Waals surface area contributed by atoms with Crippen molar-refractivity contribution in [3.05, 3.63) is 71.5 Å². The Morgan fingerprint density at radius 1 is 1.00 bits per heavy atom. The maximum Gasteiger partial charge on any atom is 0.248 e. The molecule has 0 N–H and O–H groups in total. The summed E-state index contributed by atoms with van der Waals surface area (Å²) in [4.78, 5) is 16.2. The zero-order valence-corrected chi connectivity index (χ0v) is 14.4. The maximum absolute atomic E-state index is 13.3. The lowest BCUT2D eigenvalue weighted by molar-refractivity contribution is -0.137. The summed E-state index contributed by atoms with van der Waals surface area (Å²) in [7, 11) is 1.54. The predicted molar refractivity (Wildman–Crippen MR) is 94.7 cm³/mol. The first-order valence-electron chi connectivity index (χ1n) is 8.50. The highest BCUT2D eigenvalue weighted by atomic mass is 19.1. The lowest BCUT2D eigenvalue weighted by atomic mass is 9.96. The van der Waals surface area contributed by atoms with Gasteiger partial charge in [0.1, 0.15) is 12.4 Å². The van der Waals surface area contributed by atoms with Gasteiger partial charge in [0.25, 0.3) is 0 Å². The molecular weight excluding hydrogens is 319 g/mol. The topological polar surface area (TPSA) is 32.8 Å². The van der Waals surface area contributed by atoms with Crippen LogP contribution in [0.15, 0.2) is 54.6 Å². The van der Waals surface area contributed by atoms with Gasteiger partial charge in [0.05, 0.1) is 6.04 Å². The van der Waals surface area contributed by atoms with Crippen molar-refractivity contribution in [2.24, 2.45) is 0 Å². The van der Waals surface area contributed by atoms with Crippen molar-refractivity contribution in [2.45, 2.75) is 6.04 Å². The second-order valence-electron chi connectivity index (χ2n) is 6.21. The van der Waals surface area contributed by atoms with Crippen molar-refractivity contribution in [1.82, 2.24) is 9.80 Å². The molecule has 1 fully saturated rings. The molecule has 4 nitrogen and oxygen atoms in total. The molecule has 0 aliphatic carbocycles. The Morgan fingerprint density at radius 3 is 2.20 bits per heavy atom. The minimum atomic E-state index is -0.231. The third-order valence-electron chi connectivity index (χ3n) is 4.60. The van der Waals surface area contributed by atoms with Crippen LogP contribution in [0.25, 0.3) is 0 Å². The first-order valence-corrected chi connectivity index (χ1v) is 8.50. The molecule has 0 radical (unpaired) electrons. The number of halogens is 1. The van der Waals surface area contributed by atoms with Gasteiger partial charge in [-0.1, -0.05) is 42.5 Å². The van der Waals surface area contributed by atoms with E-state index in [1.807, 2.05) is 35.2 Å². The summed E-state index contributed by atoms with van der Waals surface area (Å²) in [6.45, 7) is 3.01. The molecule has 1 heterocycles. The first-order chi connectivity index (χ1) is 12.2. The number of ether oxygens (including phenoxy) is 1. The normalized spacial score (nSPS) is 16.6. The molecule has 25 heavy (non-hydrogen) atoms. The summed E-state index contributed by atoms with van der Waals surface area (Å²) in [5, 5.41) is 0. The summed E-state index contributed by atoms with van der Waals surface area (Å²) in [6, 6.07) is 17.0. The third-order valence-corrected chi connectivity index (χ3v) is 4.60. The Hall–Kier alpha value is -2.24. The number of benzene rings is 2. The molecule has 5 heteroatoms. The molecule has 132 valence electrons. The van der Waals surface area contributed by atoms with E-state index in [0.717, 1.165) is 18.7 Å². The standard InChI is InChI=1S/C20H23FN2O2/c1-25-15-19(24)22-11-13-23(14-12-22)20(16-5-3-2-4-6-16)17-7-9-18(21)10-8-17/h2-10,20H,11-15H2,1H3. The number of methoxy groups -OCH3 is 1. The van der Waals surface area contributed by atoms with Crippen LogP contribution < -0.4 is 0 Å². The monoisotopic (exact) mass is 342 g/mol. The van der Waals surface area contributed by atoms with Crippen molar-refractivity contribution in [2.75, 3.05) is 39.9 Å². The zero-order chi connectivity index (χ0) is 17.6. The Bertz CT molecular complexity index is 683. The van der Waals surface area contributed by atoms with Crippen LogP contribution in [-0.4, -0.2) is 55.6 Å². The second-order valence-corrected chi connectivity index (χ2v) is 6.21. The molecule has 1 atom stereocenters. The minimum Gasteiger partial charge on any atom is -0.375 e. The van der Waals surface area contributed by atoms with Crippen molar-refractivity contribution in [3.8, 4) is 0 Å². The van der Waals surface area contributed by atoms with Gasteiger partial charge in [-0.15, -0.1) is 0 Å². The van der Waals surface area contributed by atoms with Gasteiger partial charge in [-0.25, -0.2) is 4.39 Å². The number of hydrogen-bond donors (Lipinski definition) is 0. The SMILES string of the molecule is COCC(=O)N1CCN(C(c2ccccc2)c2ccc(F)cc2)CC1. The van der Waals surface area contributed by atoms with Gasteiger partial charge in [-0.05, 0) is 23.3 Å². The molecule has 1 saturated heterocycles. The molecule has 1 unspecified atom stereocenters. The van der Waals surface area contributed by atoms with E-state index in [0.29, 0.717) is 13.1 Å². The number of rotatable bonds is 5. The van der Waals surface area contributed by atoms with E-state index in [4.69, 9.17) is 4.74 Å². The number of amides is 1. The van der Waals surface area contributed by atoms with Crippen LogP contribution in [0.2, 0.25) is 0 Å². The molecule has 0 bridgehead atoms. The predicted octanol–water partition coefficient (Wildman–Crippen LogP) is 2.71. The highest BCUT2D eigenvalue weighted by molar-refractivity contribution is 5.77. The van der Waals surface area contributed by atoms with Gasteiger partial charge in [-0.2, -0.15) is 0 Å². The Kier molecular flexibility index (Phi) is 5.79. The van der Waals surface area contributed by atoms with Crippen molar-refractivity contribution in [1.29, 1.82) is 0 Å². The Balaban J connectivity index is 1.79. The highest BCUT2D eigenvalue weighted by Crippen LogP contribution is 2.29. The van der Waals surface area contributed by atoms with E-state index in [9.17, 15) is 9.18 Å². The summed E-state index contributed by atoms with van der Waals surface area (Å²) in [5.41, 5.74) is 2.23. The van der Waals surface area contributed by atoms with Gasteiger partial charge < -0.3 is 9.64 Å². The lowest BCUT2D eigenvalue weighted by Crippen LogP contribution is -2.50. The third kappa shape index (κ3) is 4.24. The van der Waals surface area contributed by atoms with E-state index in [-0.39, 0.29) is 24.4 Å². The fourth-order valence-electron chi connectivity index (χ4n) is 3.34. The summed E-state index contributed by atoms with van der Waals surface area (Å²) < 4.78 is 18.3. The Morgan fingerprint density at radius 2 is 1.60 bits per heavy atom. The van der Waals surface area contributed by atoms with Crippen molar-refractivity contribution in [3.63, 3.8) is 0 Å². The maximum atomic E-state index is 13.3. The first kappa shape index (κ1) is 17.6. The van der Waals surface area contributed by atoms with Crippen molar-refractivity contribution < 1.29 is 13.9 Å². The molecule has 1 amide bonds. The largest absolute Gasteiger partial charge is 0.375 e. The van der Waals surface area contributed by atoms with Crippen LogP contribution in [-0.2, 0) is 9.53 Å². The number of piperazine rings is 1. The average molecular weight is 342 g/mol. The quantitative estimate of drug-likeness (QED) is 0.838. The van der Waals surface area contributed by atoms with Crippen LogP contribution in [0.5, 0.6) is 0 Å². The van der Waals surface area contributed by atoms with Crippen molar-refractivity contribution >= 4 is 5.91 Å². The van der Waals surface area contributed by atoms with E-state index < -0.39 is 0 Å². The van der Waals surface area contributed by atoms with E-state index in [1.165, 1.54) is 24.8 Å².